The van der Waals surface area contributed by atoms with Crippen molar-refractivity contribution in [2.45, 2.75) is 52.4 Å². The van der Waals surface area contributed by atoms with Crippen LogP contribution in [0.15, 0.2) is 182 Å². The van der Waals surface area contributed by atoms with Gasteiger partial charge in [-0.15, -0.1) is 0 Å². The summed E-state index contributed by atoms with van der Waals surface area (Å²) in [4.78, 5) is 0. The lowest BCUT2D eigenvalue weighted by Gasteiger charge is -2.13. The smallest absolute Gasteiger partial charge is 0.0548 e. The van der Waals surface area contributed by atoms with Crippen LogP contribution in [0, 0.1) is 0 Å². The van der Waals surface area contributed by atoms with Crippen LogP contribution in [-0.4, -0.2) is 9.13 Å². The highest BCUT2D eigenvalue weighted by Crippen LogP contribution is 2.43. The van der Waals surface area contributed by atoms with Crippen LogP contribution >= 0.6 is 0 Å². The molecule has 0 bridgehead atoms. The molecule has 0 aliphatic carbocycles. The van der Waals surface area contributed by atoms with Gasteiger partial charge in [-0.3, -0.25) is 0 Å². The molecule has 282 valence electrons. The van der Waals surface area contributed by atoms with Gasteiger partial charge in [-0.2, -0.15) is 0 Å². The molecule has 0 spiro atoms. The van der Waals surface area contributed by atoms with Crippen molar-refractivity contribution in [2.24, 2.45) is 0 Å². The lowest BCUT2D eigenvalue weighted by atomic mass is 9.93. The van der Waals surface area contributed by atoms with Gasteiger partial charge < -0.3 is 9.13 Å². The summed E-state index contributed by atoms with van der Waals surface area (Å²) >= 11 is 0. The van der Waals surface area contributed by atoms with Crippen molar-refractivity contribution in [1.29, 1.82) is 0 Å². The summed E-state index contributed by atoms with van der Waals surface area (Å²) in [6.07, 6.45) is 7.10. The molecule has 2 aromatic heterocycles. The van der Waals surface area contributed by atoms with Gasteiger partial charge in [0.2, 0.25) is 0 Å². The van der Waals surface area contributed by atoms with Crippen LogP contribution in [0.5, 0.6) is 0 Å². The Bertz CT molecular complexity index is 3070. The zero-order valence-corrected chi connectivity index (χ0v) is 33.5. The first-order valence-electron chi connectivity index (χ1n) is 21.1. The van der Waals surface area contributed by atoms with Gasteiger partial charge in [-0.1, -0.05) is 160 Å². The van der Waals surface area contributed by atoms with E-state index >= 15 is 0 Å². The fourth-order valence-corrected chi connectivity index (χ4v) is 9.22. The summed E-state index contributed by atoms with van der Waals surface area (Å²) in [5, 5.41) is 5.12. The zero-order valence-electron chi connectivity index (χ0n) is 33.5. The van der Waals surface area contributed by atoms with Crippen LogP contribution in [0.25, 0.3) is 88.4 Å². The van der Waals surface area contributed by atoms with Gasteiger partial charge in [-0.25, -0.2) is 0 Å². The molecule has 0 unspecified atom stereocenters. The van der Waals surface area contributed by atoms with E-state index in [2.05, 4.69) is 205 Å². The molecule has 2 nitrogen and oxygen atoms in total. The highest BCUT2D eigenvalue weighted by atomic mass is 15.0. The number of aryl methyl sites for hydroxylation is 2. The molecule has 10 aromatic rings. The number of hydrogen-bond donors (Lipinski definition) is 0. The van der Waals surface area contributed by atoms with Crippen LogP contribution < -0.4 is 0 Å². The first-order valence-corrected chi connectivity index (χ1v) is 21.1. The Morgan fingerprint density at radius 3 is 1.33 bits per heavy atom. The summed E-state index contributed by atoms with van der Waals surface area (Å²) in [6, 6.07) is 67.8. The Kier molecular flexibility index (Phi) is 9.47. The van der Waals surface area contributed by atoms with E-state index in [4.69, 9.17) is 0 Å². The van der Waals surface area contributed by atoms with Crippen molar-refractivity contribution in [1.82, 2.24) is 9.13 Å². The third kappa shape index (κ3) is 6.30. The predicted octanol–water partition coefficient (Wildman–Crippen LogP) is 15.6. The highest BCUT2D eigenvalue weighted by molar-refractivity contribution is 6.28. The first kappa shape index (κ1) is 35.8. The fourth-order valence-electron chi connectivity index (χ4n) is 9.22. The van der Waals surface area contributed by atoms with Crippen molar-refractivity contribution in [3.8, 4) is 44.8 Å². The summed E-state index contributed by atoms with van der Waals surface area (Å²) in [6.45, 7) is 4.52. The zero-order chi connectivity index (χ0) is 39.0. The van der Waals surface area contributed by atoms with Crippen LogP contribution in [0.3, 0.4) is 0 Å². The molecule has 2 heterocycles. The topological polar surface area (TPSA) is 9.86 Å². The number of benzene rings is 8. The van der Waals surface area contributed by atoms with Crippen molar-refractivity contribution in [3.63, 3.8) is 0 Å². The van der Waals surface area contributed by atoms with Crippen LogP contribution in [-0.2, 0) is 12.8 Å². The van der Waals surface area contributed by atoms with Gasteiger partial charge in [-0.05, 0) is 119 Å². The molecule has 8 aromatic carbocycles. The SMILES string of the molecule is CCCCc1cccc(-c2ccc(-n3c4ccccc4c4c5c6ccccc6n(-c6ccc(-c7ccccc7-c7cccc(CCCC)c7)cc6)c5ccc43)cc2)c1. The summed E-state index contributed by atoms with van der Waals surface area (Å²) in [5.41, 5.74) is 17.6. The number of unbranched alkanes of at least 4 members (excludes halogenated alkanes) is 2. The summed E-state index contributed by atoms with van der Waals surface area (Å²) < 4.78 is 4.90. The molecule has 0 radical (unpaired) electrons. The molecule has 0 saturated heterocycles. The van der Waals surface area contributed by atoms with E-state index in [9.17, 15) is 0 Å². The van der Waals surface area contributed by atoms with E-state index in [0.717, 1.165) is 18.5 Å². The normalized spacial score (nSPS) is 11.7. The van der Waals surface area contributed by atoms with Gasteiger partial charge in [0.25, 0.3) is 0 Å². The van der Waals surface area contributed by atoms with Crippen molar-refractivity contribution >= 4 is 43.6 Å². The van der Waals surface area contributed by atoms with Crippen molar-refractivity contribution < 1.29 is 0 Å². The third-order valence-corrected chi connectivity index (χ3v) is 12.1. The van der Waals surface area contributed by atoms with Crippen LogP contribution in [0.2, 0.25) is 0 Å². The average molecular weight is 749 g/mol. The van der Waals surface area contributed by atoms with Crippen molar-refractivity contribution in [3.05, 3.63) is 193 Å². The minimum absolute atomic E-state index is 1.12. The largest absolute Gasteiger partial charge is 0.309 e. The number of fused-ring (bicyclic) bond motifs is 7. The molecule has 0 N–H and O–H groups in total. The van der Waals surface area contributed by atoms with Gasteiger partial charge >= 0.3 is 0 Å². The Hall–Kier alpha value is -6.64. The van der Waals surface area contributed by atoms with E-state index in [0.29, 0.717) is 0 Å². The van der Waals surface area contributed by atoms with Crippen LogP contribution in [0.4, 0.5) is 0 Å². The molecule has 0 aliphatic rings. The summed E-state index contributed by atoms with van der Waals surface area (Å²) in [5.74, 6) is 0. The van der Waals surface area contributed by atoms with E-state index in [1.807, 2.05) is 0 Å². The molecule has 2 heteroatoms. The minimum Gasteiger partial charge on any atom is -0.309 e. The van der Waals surface area contributed by atoms with Crippen molar-refractivity contribution in [2.75, 3.05) is 0 Å². The third-order valence-electron chi connectivity index (χ3n) is 12.1. The quantitative estimate of drug-likeness (QED) is 0.125. The Labute approximate surface area is 341 Å². The number of hydrogen-bond acceptors (Lipinski definition) is 0. The second-order valence-electron chi connectivity index (χ2n) is 15.8. The van der Waals surface area contributed by atoms with Gasteiger partial charge in [0.05, 0.1) is 22.1 Å². The molecule has 0 atom stereocenters. The molecule has 0 fully saturated rings. The second-order valence-corrected chi connectivity index (χ2v) is 15.8. The molecular formula is C56H48N2. The lowest BCUT2D eigenvalue weighted by Crippen LogP contribution is -1.95. The lowest BCUT2D eigenvalue weighted by molar-refractivity contribution is 0.795. The average Bonchev–Trinajstić information content (AvgIpc) is 3.81. The number of rotatable bonds is 11. The molecule has 10 rings (SSSR count). The predicted molar refractivity (Wildman–Crippen MR) is 249 cm³/mol. The highest BCUT2D eigenvalue weighted by Gasteiger charge is 2.20. The minimum atomic E-state index is 1.12. The van der Waals surface area contributed by atoms with Gasteiger partial charge in [0, 0.05) is 32.9 Å². The molecular weight excluding hydrogens is 701 g/mol. The van der Waals surface area contributed by atoms with E-state index in [1.165, 1.54) is 119 Å². The molecule has 0 saturated carbocycles. The summed E-state index contributed by atoms with van der Waals surface area (Å²) in [7, 11) is 0. The fraction of sp³-hybridized carbons (Fsp3) is 0.143. The Morgan fingerprint density at radius 2 is 0.793 bits per heavy atom. The van der Waals surface area contributed by atoms with E-state index in [-0.39, 0.29) is 0 Å². The maximum atomic E-state index is 2.45. The number of nitrogens with zero attached hydrogens (tertiary/aromatic N) is 2. The number of para-hydroxylation sites is 2. The van der Waals surface area contributed by atoms with Gasteiger partial charge in [0.15, 0.2) is 0 Å². The monoisotopic (exact) mass is 748 g/mol. The maximum absolute atomic E-state index is 2.45. The molecule has 58 heavy (non-hydrogen) atoms. The molecule has 0 amide bonds. The Morgan fingerprint density at radius 1 is 0.345 bits per heavy atom. The first-order chi connectivity index (χ1) is 28.7. The standard InChI is InChI=1S/C56H48N2/c1-3-5-15-39-17-13-19-43(37-39)41-27-31-45(32-28-41)57-51-25-11-9-23-49(51)55-53(57)35-36-54-56(55)50-24-10-12-26-52(50)58(54)46-33-29-42(30-34-46)47-21-7-8-22-48(47)44-20-14-18-40(38-44)16-6-4-2/h7-14,17-38H,3-6,15-16H2,1-2H3. The second kappa shape index (κ2) is 15.4. The van der Waals surface area contributed by atoms with E-state index < -0.39 is 0 Å². The van der Waals surface area contributed by atoms with Gasteiger partial charge in [0.1, 0.15) is 0 Å². The number of aromatic nitrogens is 2. The Balaban J connectivity index is 1.08. The van der Waals surface area contributed by atoms with E-state index in [1.54, 1.807) is 0 Å². The molecule has 0 aliphatic heterocycles. The van der Waals surface area contributed by atoms with Crippen LogP contribution in [0.1, 0.15) is 50.7 Å². The maximum Gasteiger partial charge on any atom is 0.0548 e.